The Morgan fingerprint density at radius 2 is 1.85 bits per heavy atom. The van der Waals surface area contributed by atoms with Crippen LogP contribution in [0.1, 0.15) is 71.5 Å². The number of nitrogens with zero attached hydrogens (tertiary/aromatic N) is 3. The minimum atomic E-state index is -1.47. The van der Waals surface area contributed by atoms with Gasteiger partial charge in [-0.3, -0.25) is 24.3 Å². The number of hydrogen-bond acceptors (Lipinski definition) is 15. The number of benzene rings is 2. The Hall–Kier alpha value is -5.56. The van der Waals surface area contributed by atoms with E-state index in [1.807, 2.05) is 0 Å². The second-order valence-corrected chi connectivity index (χ2v) is 12.2. The van der Waals surface area contributed by atoms with Crippen molar-refractivity contribution >= 4 is 35.1 Å². The van der Waals surface area contributed by atoms with Crippen LogP contribution in [-0.4, -0.2) is 88.1 Å². The maximum atomic E-state index is 13.3. The summed E-state index contributed by atoms with van der Waals surface area (Å²) in [5, 5.41) is 25.4. The van der Waals surface area contributed by atoms with E-state index in [2.05, 4.69) is 10.3 Å². The molecule has 2 aliphatic rings. The van der Waals surface area contributed by atoms with Crippen LogP contribution in [0.2, 0.25) is 0 Å². The zero-order chi connectivity index (χ0) is 38.1. The third-order valence-electron chi connectivity index (χ3n) is 8.43. The normalized spacial score (nSPS) is 21.0. The lowest BCUT2D eigenvalue weighted by Gasteiger charge is -2.29. The van der Waals surface area contributed by atoms with Gasteiger partial charge in [-0.25, -0.2) is 9.59 Å². The van der Waals surface area contributed by atoms with Crippen molar-refractivity contribution in [3.63, 3.8) is 0 Å². The maximum Gasteiger partial charge on any atom is 0.351 e. The molecule has 2 aliphatic heterocycles. The first-order chi connectivity index (χ1) is 25.4. The van der Waals surface area contributed by atoms with E-state index in [1.54, 1.807) is 24.3 Å². The number of aromatic nitrogens is 2. The van der Waals surface area contributed by atoms with E-state index in [9.17, 15) is 39.2 Å². The molecule has 2 aromatic carbocycles. The fraction of sp³-hybridized carbons (Fsp3) is 0.429. The highest BCUT2D eigenvalue weighted by atomic mass is 16.7. The van der Waals surface area contributed by atoms with Gasteiger partial charge in [0, 0.05) is 42.5 Å². The third kappa shape index (κ3) is 10.1. The predicted octanol–water partition coefficient (Wildman–Crippen LogP) is 2.85. The number of non-ortho nitro benzene ring substituents is 1. The molecule has 0 aliphatic carbocycles. The van der Waals surface area contributed by atoms with Gasteiger partial charge in [-0.1, -0.05) is 0 Å². The lowest BCUT2D eigenvalue weighted by molar-refractivity contribution is -0.384. The van der Waals surface area contributed by atoms with Crippen LogP contribution in [0, 0.1) is 10.1 Å². The van der Waals surface area contributed by atoms with E-state index in [4.69, 9.17) is 28.4 Å². The first-order valence-electron chi connectivity index (χ1n) is 16.7. The van der Waals surface area contributed by atoms with E-state index in [0.717, 1.165) is 29.5 Å². The third-order valence-corrected chi connectivity index (χ3v) is 8.43. The Morgan fingerprint density at radius 1 is 1.08 bits per heavy atom. The van der Waals surface area contributed by atoms with Gasteiger partial charge >= 0.3 is 17.6 Å². The largest absolute Gasteiger partial charge is 0.497 e. The maximum absolute atomic E-state index is 13.3. The molecule has 5 rings (SSSR count). The number of anilines is 1. The molecule has 2 saturated heterocycles. The van der Waals surface area contributed by atoms with Crippen LogP contribution in [0.5, 0.6) is 5.75 Å². The lowest BCUT2D eigenvalue weighted by atomic mass is 10.1. The average Bonchev–Trinajstić information content (AvgIpc) is 3.45. The van der Waals surface area contributed by atoms with Crippen LogP contribution in [0.4, 0.5) is 11.5 Å². The molecule has 53 heavy (non-hydrogen) atoms. The van der Waals surface area contributed by atoms with Crippen molar-refractivity contribution in [1.82, 2.24) is 9.55 Å². The van der Waals surface area contributed by atoms with E-state index in [0.29, 0.717) is 24.3 Å². The minimum Gasteiger partial charge on any atom is -0.497 e. The average molecular weight is 739 g/mol. The fourth-order valence-electron chi connectivity index (χ4n) is 5.57. The minimum absolute atomic E-state index is 0.0379. The summed E-state index contributed by atoms with van der Waals surface area (Å²) in [7, 11) is 1.49. The number of nitro groups is 1. The van der Waals surface area contributed by atoms with E-state index in [-0.39, 0.29) is 35.6 Å². The first kappa shape index (κ1) is 38.7. The number of ketones is 1. The molecule has 0 spiro atoms. The summed E-state index contributed by atoms with van der Waals surface area (Å²) < 4.78 is 34.5. The van der Waals surface area contributed by atoms with Gasteiger partial charge in [0.05, 0.1) is 24.0 Å². The smallest absolute Gasteiger partial charge is 0.351 e. The number of nitro benzene ring substituents is 1. The number of rotatable bonds is 15. The number of carbonyl (C=O) groups is 4. The van der Waals surface area contributed by atoms with Crippen LogP contribution < -0.4 is 15.7 Å². The van der Waals surface area contributed by atoms with Crippen LogP contribution >= 0.6 is 0 Å². The molecule has 18 heteroatoms. The number of aliphatic hydroxyl groups is 1. The molecule has 0 bridgehead atoms. The van der Waals surface area contributed by atoms with Crippen LogP contribution in [0.15, 0.2) is 59.5 Å². The molecule has 0 saturated carbocycles. The number of aliphatic hydroxyl groups excluding tert-OH is 1. The topological polar surface area (TPSA) is 234 Å². The standard InChI is InChI=1S/C35H38N4O14/c1-20(40)6-13-28(41)50-18-22-7-10-23(39(46)47)17-25(22)34(44)51-19-26-30(42)31(53-29-5-3-4-16-49-29)33(52-26)38-15-14-27(37-35(38)45)36-32(43)21-8-11-24(48-2)12-9-21/h7-12,14-15,17,26,29-31,33,42H,3-6,13,16,18-19H2,1-2H3,(H,36,37,43,45)/t26-,29?,30-,31-,33-/m1/s1. The van der Waals surface area contributed by atoms with Gasteiger partial charge in [-0.15, -0.1) is 0 Å². The highest BCUT2D eigenvalue weighted by molar-refractivity contribution is 6.03. The summed E-state index contributed by atoms with van der Waals surface area (Å²) >= 11 is 0. The Morgan fingerprint density at radius 3 is 2.51 bits per heavy atom. The molecule has 0 radical (unpaired) electrons. The van der Waals surface area contributed by atoms with Gasteiger partial charge in [-0.05, 0) is 62.6 Å². The number of hydrogen-bond donors (Lipinski definition) is 2. The molecule has 2 fully saturated rings. The SMILES string of the molecule is COc1ccc(C(=O)Nc2ccn([C@@H]3O[C@H](COC(=O)c4cc([N+](=O)[O-])ccc4COC(=O)CCC(C)=O)[C@@H](O)[C@H]3OC3CCCCO3)c(=O)n2)cc1. The molecular weight excluding hydrogens is 700 g/mol. The molecule has 3 heterocycles. The number of nitrogens with one attached hydrogen (secondary N) is 1. The highest BCUT2D eigenvalue weighted by Crippen LogP contribution is 2.34. The molecule has 18 nitrogen and oxygen atoms in total. The lowest BCUT2D eigenvalue weighted by Crippen LogP contribution is -2.41. The van der Waals surface area contributed by atoms with Crippen molar-refractivity contribution in [2.24, 2.45) is 0 Å². The van der Waals surface area contributed by atoms with Gasteiger partial charge in [0.25, 0.3) is 11.6 Å². The number of Topliss-reactive ketones (excluding diaryl/α,β-unsaturated/α-hetero) is 1. The second-order valence-electron chi connectivity index (χ2n) is 12.2. The zero-order valence-electron chi connectivity index (χ0n) is 28.8. The number of amides is 1. The van der Waals surface area contributed by atoms with Gasteiger partial charge in [0.1, 0.15) is 48.9 Å². The van der Waals surface area contributed by atoms with E-state index in [1.165, 1.54) is 32.4 Å². The molecule has 3 aromatic rings. The van der Waals surface area contributed by atoms with E-state index < -0.39 is 78.2 Å². The monoisotopic (exact) mass is 738 g/mol. The molecular formula is C35H38N4O14. The highest BCUT2D eigenvalue weighted by Gasteiger charge is 2.48. The molecule has 1 amide bonds. The van der Waals surface area contributed by atoms with Crippen molar-refractivity contribution in [3.8, 4) is 5.75 Å². The summed E-state index contributed by atoms with van der Waals surface area (Å²) in [5.74, 6) is -2.00. The Labute approximate surface area is 302 Å². The summed E-state index contributed by atoms with van der Waals surface area (Å²) in [6.07, 6.45) is -2.75. The van der Waals surface area contributed by atoms with Gasteiger partial charge in [-0.2, -0.15) is 4.98 Å². The number of carbonyl (C=O) groups excluding carboxylic acids is 4. The summed E-state index contributed by atoms with van der Waals surface area (Å²) in [6, 6.07) is 11.0. The van der Waals surface area contributed by atoms with Gasteiger partial charge < -0.3 is 43.6 Å². The zero-order valence-corrected chi connectivity index (χ0v) is 28.8. The summed E-state index contributed by atoms with van der Waals surface area (Å²) in [4.78, 5) is 77.3. The van der Waals surface area contributed by atoms with Crippen molar-refractivity contribution in [2.75, 3.05) is 25.6 Å². The number of methoxy groups -OCH3 is 1. The van der Waals surface area contributed by atoms with Gasteiger partial charge in [0.2, 0.25) is 0 Å². The van der Waals surface area contributed by atoms with Crippen molar-refractivity contribution in [3.05, 3.63) is 92.0 Å². The van der Waals surface area contributed by atoms with Crippen molar-refractivity contribution < 1.29 is 57.6 Å². The van der Waals surface area contributed by atoms with Crippen LogP contribution in [0.3, 0.4) is 0 Å². The number of ether oxygens (including phenoxy) is 6. The molecule has 282 valence electrons. The van der Waals surface area contributed by atoms with Crippen molar-refractivity contribution in [2.45, 2.75) is 76.5 Å². The van der Waals surface area contributed by atoms with Crippen LogP contribution in [-0.2, 0) is 39.9 Å². The molecule has 1 aromatic heterocycles. The summed E-state index contributed by atoms with van der Waals surface area (Å²) in [5.41, 5.74) is -1.18. The Kier molecular flexibility index (Phi) is 13.0. The Balaban J connectivity index is 1.31. The number of esters is 2. The summed E-state index contributed by atoms with van der Waals surface area (Å²) in [6.45, 7) is 0.719. The van der Waals surface area contributed by atoms with Crippen molar-refractivity contribution in [1.29, 1.82) is 0 Å². The van der Waals surface area contributed by atoms with Gasteiger partial charge in [0.15, 0.2) is 12.5 Å². The first-order valence-corrected chi connectivity index (χ1v) is 16.7. The predicted molar refractivity (Wildman–Crippen MR) is 181 cm³/mol. The molecule has 1 unspecified atom stereocenters. The van der Waals surface area contributed by atoms with E-state index >= 15 is 0 Å². The Bertz CT molecular complexity index is 1870. The fourth-order valence-corrected chi connectivity index (χ4v) is 5.57. The molecule has 2 N–H and O–H groups in total. The van der Waals surface area contributed by atoms with Crippen LogP contribution in [0.25, 0.3) is 0 Å². The second kappa shape index (κ2) is 17.8. The molecule has 5 atom stereocenters. The quantitative estimate of drug-likeness (QED) is 0.130.